The van der Waals surface area contributed by atoms with E-state index in [1.807, 2.05) is 65.3 Å². The molecule has 0 aliphatic carbocycles. The second kappa shape index (κ2) is 12.4. The van der Waals surface area contributed by atoms with E-state index in [0.717, 1.165) is 54.3 Å². The molecule has 6 nitrogen and oxygen atoms in total. The number of rotatable bonds is 8. The molecule has 1 atom stereocenters. The Morgan fingerprint density at radius 1 is 0.800 bits per heavy atom. The number of aromatic nitrogens is 2. The van der Waals surface area contributed by atoms with E-state index in [4.69, 9.17) is 5.10 Å². The minimum absolute atomic E-state index is 0.0390. The molecule has 224 valence electrons. The molecular formula is C39H37N5O. The monoisotopic (exact) mass is 591 g/mol. The lowest BCUT2D eigenvalue weighted by molar-refractivity contribution is 0.0937. The molecule has 0 spiro atoms. The molecule has 1 N–H and O–H groups in total. The second-order valence-electron chi connectivity index (χ2n) is 12.0. The molecule has 1 aliphatic heterocycles. The largest absolute Gasteiger partial charge is 0.377 e. The first-order valence-corrected chi connectivity index (χ1v) is 15.6. The van der Waals surface area contributed by atoms with E-state index in [9.17, 15) is 4.79 Å². The molecule has 0 saturated carbocycles. The summed E-state index contributed by atoms with van der Waals surface area (Å²) in [4.78, 5) is 17.9. The van der Waals surface area contributed by atoms with Gasteiger partial charge in [0, 0.05) is 67.5 Å². The van der Waals surface area contributed by atoms with Gasteiger partial charge in [-0.3, -0.25) is 9.69 Å². The Hall–Kier alpha value is -5.20. The van der Waals surface area contributed by atoms with Crippen molar-refractivity contribution in [1.29, 1.82) is 0 Å². The van der Waals surface area contributed by atoms with Crippen LogP contribution in [-0.2, 0) is 6.54 Å². The standard InChI is InChI=1S/C39H37N5O/c1-42(2)37-22-19-31(34-15-9-10-16-35(34)37)26-43-24-23-32(27-43)40-39(45)30-17-20-33(21-18-30)44-38(29-13-7-4-8-14-29)25-36(41-44)28-11-5-3-6-12-28/h3-22,25,32H,23-24,26-27H2,1-2H3,(H,40,45). The number of hydrogen-bond acceptors (Lipinski definition) is 4. The average Bonchev–Trinajstić information content (AvgIpc) is 3.73. The highest BCUT2D eigenvalue weighted by Crippen LogP contribution is 2.31. The molecular weight excluding hydrogens is 554 g/mol. The maximum Gasteiger partial charge on any atom is 0.251 e. The number of fused-ring (bicyclic) bond motifs is 1. The summed E-state index contributed by atoms with van der Waals surface area (Å²) < 4.78 is 1.96. The van der Waals surface area contributed by atoms with Crippen LogP contribution in [0.15, 0.2) is 127 Å². The summed E-state index contributed by atoms with van der Waals surface area (Å²) >= 11 is 0. The maximum absolute atomic E-state index is 13.3. The van der Waals surface area contributed by atoms with Crippen LogP contribution in [0.1, 0.15) is 22.3 Å². The molecule has 6 heteroatoms. The molecule has 45 heavy (non-hydrogen) atoms. The lowest BCUT2D eigenvalue weighted by Gasteiger charge is -2.21. The van der Waals surface area contributed by atoms with Crippen molar-refractivity contribution in [1.82, 2.24) is 20.0 Å². The molecule has 0 bridgehead atoms. The minimum Gasteiger partial charge on any atom is -0.377 e. The van der Waals surface area contributed by atoms with E-state index in [1.165, 1.54) is 22.0 Å². The lowest BCUT2D eigenvalue weighted by Crippen LogP contribution is -2.37. The quantitative estimate of drug-likeness (QED) is 0.200. The number of benzene rings is 5. The highest BCUT2D eigenvalue weighted by Gasteiger charge is 2.25. The molecule has 5 aromatic carbocycles. The van der Waals surface area contributed by atoms with Crippen molar-refractivity contribution >= 4 is 22.4 Å². The molecule has 0 radical (unpaired) electrons. The molecule has 1 aliphatic rings. The number of carbonyl (C=O) groups excluding carboxylic acids is 1. The van der Waals surface area contributed by atoms with E-state index in [2.05, 4.69) is 95.9 Å². The average molecular weight is 592 g/mol. The Bertz CT molecular complexity index is 1930. The summed E-state index contributed by atoms with van der Waals surface area (Å²) in [5, 5.41) is 10.8. The predicted octanol–water partition coefficient (Wildman–Crippen LogP) is 7.43. The van der Waals surface area contributed by atoms with Gasteiger partial charge in [0.05, 0.1) is 17.1 Å². The second-order valence-corrected chi connectivity index (χ2v) is 12.0. The summed E-state index contributed by atoms with van der Waals surface area (Å²) in [7, 11) is 4.17. The number of hydrogen-bond donors (Lipinski definition) is 1. The fourth-order valence-electron chi connectivity index (χ4n) is 6.37. The van der Waals surface area contributed by atoms with Crippen molar-refractivity contribution in [3.05, 3.63) is 139 Å². The number of carbonyl (C=O) groups is 1. The Morgan fingerprint density at radius 2 is 1.47 bits per heavy atom. The van der Waals surface area contributed by atoms with Crippen molar-refractivity contribution in [2.45, 2.75) is 19.0 Å². The van der Waals surface area contributed by atoms with Gasteiger partial charge >= 0.3 is 0 Å². The van der Waals surface area contributed by atoms with Crippen molar-refractivity contribution in [2.75, 3.05) is 32.1 Å². The Labute approximate surface area is 264 Å². The van der Waals surface area contributed by atoms with Crippen LogP contribution in [-0.4, -0.2) is 53.8 Å². The Balaban J connectivity index is 1.04. The molecule has 1 aromatic heterocycles. The third-order valence-electron chi connectivity index (χ3n) is 8.70. The smallest absolute Gasteiger partial charge is 0.251 e. The first kappa shape index (κ1) is 28.6. The van der Waals surface area contributed by atoms with Gasteiger partial charge in [-0.05, 0) is 53.8 Å². The van der Waals surface area contributed by atoms with E-state index in [0.29, 0.717) is 5.56 Å². The first-order chi connectivity index (χ1) is 22.0. The Morgan fingerprint density at radius 3 is 2.18 bits per heavy atom. The van der Waals surface area contributed by atoms with E-state index >= 15 is 0 Å². The van der Waals surface area contributed by atoms with Crippen molar-refractivity contribution in [2.24, 2.45) is 0 Å². The molecule has 1 unspecified atom stereocenters. The van der Waals surface area contributed by atoms with Gasteiger partial charge in [-0.1, -0.05) is 91.0 Å². The van der Waals surface area contributed by atoms with Gasteiger partial charge in [0.15, 0.2) is 0 Å². The molecule has 2 heterocycles. The fraction of sp³-hybridized carbons (Fsp3) is 0.179. The molecule has 1 fully saturated rings. The molecule has 6 aromatic rings. The van der Waals surface area contributed by atoms with E-state index in [-0.39, 0.29) is 11.9 Å². The van der Waals surface area contributed by atoms with Crippen LogP contribution in [0.2, 0.25) is 0 Å². The lowest BCUT2D eigenvalue weighted by atomic mass is 10.0. The Kier molecular flexibility index (Phi) is 7.89. The SMILES string of the molecule is CN(C)c1ccc(CN2CCC(NC(=O)c3ccc(-n4nc(-c5ccccc5)cc4-c4ccccc4)cc3)C2)c2ccccc12. The van der Waals surface area contributed by atoms with Gasteiger partial charge in [0.25, 0.3) is 5.91 Å². The maximum atomic E-state index is 13.3. The summed E-state index contributed by atoms with van der Waals surface area (Å²) in [5.41, 5.74) is 8.17. The zero-order valence-corrected chi connectivity index (χ0v) is 25.7. The number of nitrogens with one attached hydrogen (secondary N) is 1. The number of amides is 1. The zero-order valence-electron chi connectivity index (χ0n) is 25.7. The summed E-state index contributed by atoms with van der Waals surface area (Å²) in [6.07, 6.45) is 0.938. The minimum atomic E-state index is -0.0390. The number of anilines is 1. The summed E-state index contributed by atoms with van der Waals surface area (Å²) in [5.74, 6) is -0.0390. The molecule has 1 saturated heterocycles. The van der Waals surface area contributed by atoms with Crippen LogP contribution in [0, 0.1) is 0 Å². The van der Waals surface area contributed by atoms with Gasteiger partial charge in [-0.15, -0.1) is 0 Å². The third-order valence-corrected chi connectivity index (χ3v) is 8.70. The number of nitrogens with zero attached hydrogens (tertiary/aromatic N) is 4. The number of likely N-dealkylation sites (tertiary alicyclic amines) is 1. The highest BCUT2D eigenvalue weighted by molar-refractivity contribution is 5.96. The van der Waals surface area contributed by atoms with Crippen LogP contribution in [0.5, 0.6) is 0 Å². The van der Waals surface area contributed by atoms with Crippen LogP contribution in [0.25, 0.3) is 39.0 Å². The normalized spacial score (nSPS) is 14.9. The van der Waals surface area contributed by atoms with Crippen molar-refractivity contribution < 1.29 is 4.79 Å². The van der Waals surface area contributed by atoms with Crippen LogP contribution < -0.4 is 10.2 Å². The van der Waals surface area contributed by atoms with Crippen molar-refractivity contribution in [3.63, 3.8) is 0 Å². The molecule has 7 rings (SSSR count). The fourth-order valence-corrected chi connectivity index (χ4v) is 6.37. The van der Waals surface area contributed by atoms with Crippen LogP contribution >= 0.6 is 0 Å². The summed E-state index contributed by atoms with van der Waals surface area (Å²) in [6.45, 7) is 2.66. The van der Waals surface area contributed by atoms with Crippen molar-refractivity contribution in [3.8, 4) is 28.2 Å². The molecule has 1 amide bonds. The van der Waals surface area contributed by atoms with E-state index < -0.39 is 0 Å². The van der Waals surface area contributed by atoms with Gasteiger partial charge in [-0.2, -0.15) is 5.10 Å². The third kappa shape index (κ3) is 5.97. The topological polar surface area (TPSA) is 53.4 Å². The highest BCUT2D eigenvalue weighted by atomic mass is 16.1. The van der Waals surface area contributed by atoms with E-state index in [1.54, 1.807) is 0 Å². The van der Waals surface area contributed by atoms with Gasteiger partial charge in [0.2, 0.25) is 0 Å². The van der Waals surface area contributed by atoms with Crippen LogP contribution in [0.3, 0.4) is 0 Å². The first-order valence-electron chi connectivity index (χ1n) is 15.6. The van der Waals surface area contributed by atoms with Crippen LogP contribution in [0.4, 0.5) is 5.69 Å². The summed E-state index contributed by atoms with van der Waals surface area (Å²) in [6, 6.07) is 43.6. The van der Waals surface area contributed by atoms with Gasteiger partial charge in [-0.25, -0.2) is 4.68 Å². The van der Waals surface area contributed by atoms with Gasteiger partial charge in [0.1, 0.15) is 0 Å². The van der Waals surface area contributed by atoms with Gasteiger partial charge < -0.3 is 10.2 Å². The zero-order chi connectivity index (χ0) is 30.8. The predicted molar refractivity (Wildman–Crippen MR) is 184 cm³/mol.